The molecule has 0 saturated heterocycles. The van der Waals surface area contributed by atoms with E-state index in [1.165, 1.54) is 0 Å². The highest BCUT2D eigenvalue weighted by atomic mass is 32.2. The Morgan fingerprint density at radius 2 is 2.17 bits per heavy atom. The Morgan fingerprint density at radius 1 is 1.50 bits per heavy atom. The van der Waals surface area contributed by atoms with Gasteiger partial charge in [-0.05, 0) is 19.3 Å². The third kappa shape index (κ3) is 2.30. The van der Waals surface area contributed by atoms with E-state index in [0.717, 1.165) is 11.8 Å². The van der Waals surface area contributed by atoms with Gasteiger partial charge in [0.15, 0.2) is 0 Å². The van der Waals surface area contributed by atoms with Crippen molar-refractivity contribution >= 4 is 10.0 Å². The van der Waals surface area contributed by atoms with Gasteiger partial charge in [0.05, 0.1) is 6.10 Å². The van der Waals surface area contributed by atoms with E-state index in [2.05, 4.69) is 11.3 Å². The number of aliphatic hydroxyl groups excluding tert-OH is 1. The second-order valence-electron chi connectivity index (χ2n) is 2.93. The maximum Gasteiger partial charge on any atom is 0.233 e. The van der Waals surface area contributed by atoms with Crippen LogP contribution in [0.15, 0.2) is 12.0 Å². The first-order valence-electron chi connectivity index (χ1n) is 3.88. The molecule has 0 heterocycles. The Hall–Kier alpha value is -0.390. The predicted molar refractivity (Wildman–Crippen MR) is 45.9 cm³/mol. The molecule has 12 heavy (non-hydrogen) atoms. The minimum Gasteiger partial charge on any atom is -0.391 e. The van der Waals surface area contributed by atoms with E-state index in [1.54, 1.807) is 0 Å². The number of rotatable bonds is 3. The SMILES string of the molecule is C=CS(=O)(=O)N[C@@H]1CCC[C@H]1O. The highest BCUT2D eigenvalue weighted by Crippen LogP contribution is 2.19. The average Bonchev–Trinajstić information content (AvgIpc) is 2.36. The van der Waals surface area contributed by atoms with Gasteiger partial charge in [-0.1, -0.05) is 6.58 Å². The Labute approximate surface area is 72.3 Å². The van der Waals surface area contributed by atoms with Crippen LogP contribution in [0, 0.1) is 0 Å². The lowest BCUT2D eigenvalue weighted by atomic mass is 10.2. The standard InChI is InChI=1S/C7H13NO3S/c1-2-12(10,11)8-6-4-3-5-7(6)9/h2,6-9H,1,3-5H2/t6-,7-/m1/s1. The van der Waals surface area contributed by atoms with Crippen LogP contribution < -0.4 is 4.72 Å². The summed E-state index contributed by atoms with van der Waals surface area (Å²) in [4.78, 5) is 0. The molecule has 0 aromatic carbocycles. The number of nitrogens with one attached hydrogen (secondary N) is 1. The number of aliphatic hydroxyl groups is 1. The Bertz CT molecular complexity index is 260. The molecular formula is C7H13NO3S. The molecule has 1 aliphatic rings. The molecule has 0 bridgehead atoms. The van der Waals surface area contributed by atoms with Gasteiger partial charge in [-0.2, -0.15) is 0 Å². The van der Waals surface area contributed by atoms with Gasteiger partial charge in [0, 0.05) is 11.4 Å². The average molecular weight is 191 g/mol. The monoisotopic (exact) mass is 191 g/mol. The first kappa shape index (κ1) is 9.70. The van der Waals surface area contributed by atoms with Crippen LogP contribution in [0.2, 0.25) is 0 Å². The van der Waals surface area contributed by atoms with Gasteiger partial charge in [0.25, 0.3) is 0 Å². The molecule has 5 heteroatoms. The molecule has 1 fully saturated rings. The van der Waals surface area contributed by atoms with Crippen LogP contribution in [0.5, 0.6) is 0 Å². The zero-order valence-corrected chi connectivity index (χ0v) is 7.55. The minimum atomic E-state index is -3.38. The van der Waals surface area contributed by atoms with Gasteiger partial charge < -0.3 is 5.11 Å². The minimum absolute atomic E-state index is 0.326. The summed E-state index contributed by atoms with van der Waals surface area (Å²) in [7, 11) is -3.38. The summed E-state index contributed by atoms with van der Waals surface area (Å²) in [5, 5.41) is 10.1. The summed E-state index contributed by atoms with van der Waals surface area (Å²) in [6, 6.07) is -0.326. The zero-order chi connectivity index (χ0) is 9.19. The van der Waals surface area contributed by atoms with Gasteiger partial charge in [0.1, 0.15) is 0 Å². The van der Waals surface area contributed by atoms with Gasteiger partial charge in [-0.3, -0.25) is 0 Å². The third-order valence-corrected chi connectivity index (χ3v) is 3.08. The van der Waals surface area contributed by atoms with Crippen molar-refractivity contribution in [2.24, 2.45) is 0 Å². The fourth-order valence-electron chi connectivity index (χ4n) is 1.34. The smallest absolute Gasteiger partial charge is 0.233 e. The molecule has 0 aromatic rings. The number of sulfonamides is 1. The van der Waals surface area contributed by atoms with Gasteiger partial charge in [-0.15, -0.1) is 0 Å². The number of hydrogen-bond acceptors (Lipinski definition) is 3. The quantitative estimate of drug-likeness (QED) is 0.658. The molecule has 70 valence electrons. The van der Waals surface area contributed by atoms with Crippen LogP contribution >= 0.6 is 0 Å². The van der Waals surface area contributed by atoms with Gasteiger partial charge in [-0.25, -0.2) is 13.1 Å². The summed E-state index contributed by atoms with van der Waals surface area (Å²) in [6.07, 6.45) is 1.70. The first-order chi connectivity index (χ1) is 5.55. The molecule has 0 amide bonds. The normalized spacial score (nSPS) is 30.4. The van der Waals surface area contributed by atoms with Crippen LogP contribution in [0.3, 0.4) is 0 Å². The highest BCUT2D eigenvalue weighted by molar-refractivity contribution is 7.92. The molecule has 2 N–H and O–H groups in total. The van der Waals surface area contributed by atoms with Gasteiger partial charge >= 0.3 is 0 Å². The molecule has 0 radical (unpaired) electrons. The van der Waals surface area contributed by atoms with Gasteiger partial charge in [0.2, 0.25) is 10.0 Å². The van der Waals surface area contributed by atoms with Crippen molar-refractivity contribution in [3.05, 3.63) is 12.0 Å². The lowest BCUT2D eigenvalue weighted by Crippen LogP contribution is -2.38. The maximum atomic E-state index is 11.0. The Kier molecular flexibility index (Phi) is 2.87. The van der Waals surface area contributed by atoms with E-state index in [-0.39, 0.29) is 6.04 Å². The van der Waals surface area contributed by atoms with E-state index in [9.17, 15) is 13.5 Å². The number of hydrogen-bond donors (Lipinski definition) is 2. The maximum absolute atomic E-state index is 11.0. The van der Waals surface area contributed by atoms with E-state index in [4.69, 9.17) is 0 Å². The van der Waals surface area contributed by atoms with Crippen molar-refractivity contribution in [3.8, 4) is 0 Å². The first-order valence-corrected chi connectivity index (χ1v) is 5.42. The lowest BCUT2D eigenvalue weighted by Gasteiger charge is -2.14. The van der Waals surface area contributed by atoms with Crippen LogP contribution in [-0.4, -0.2) is 25.7 Å². The highest BCUT2D eigenvalue weighted by Gasteiger charge is 2.27. The summed E-state index contributed by atoms with van der Waals surface area (Å²) in [6.45, 7) is 3.17. The van der Waals surface area contributed by atoms with E-state index in [1.807, 2.05) is 0 Å². The molecule has 1 saturated carbocycles. The molecule has 1 rings (SSSR count). The topological polar surface area (TPSA) is 66.4 Å². The summed E-state index contributed by atoms with van der Waals surface area (Å²) in [5.74, 6) is 0. The van der Waals surface area contributed by atoms with Crippen molar-refractivity contribution in [1.82, 2.24) is 4.72 Å². The summed E-state index contributed by atoms with van der Waals surface area (Å²) < 4.78 is 24.3. The molecule has 0 spiro atoms. The molecule has 2 atom stereocenters. The molecular weight excluding hydrogens is 178 g/mol. The van der Waals surface area contributed by atoms with Crippen molar-refractivity contribution < 1.29 is 13.5 Å². The van der Waals surface area contributed by atoms with Crippen LogP contribution in [0.1, 0.15) is 19.3 Å². The van der Waals surface area contributed by atoms with Crippen molar-refractivity contribution in [1.29, 1.82) is 0 Å². The van der Waals surface area contributed by atoms with E-state index >= 15 is 0 Å². The lowest BCUT2D eigenvalue weighted by molar-refractivity contribution is 0.159. The van der Waals surface area contributed by atoms with Crippen LogP contribution in [0.4, 0.5) is 0 Å². The second kappa shape index (κ2) is 3.55. The fraction of sp³-hybridized carbons (Fsp3) is 0.714. The molecule has 0 unspecified atom stereocenters. The Morgan fingerprint density at radius 3 is 2.58 bits per heavy atom. The van der Waals surface area contributed by atoms with E-state index in [0.29, 0.717) is 12.8 Å². The Balaban J connectivity index is 2.57. The summed E-state index contributed by atoms with van der Waals surface area (Å²) in [5.41, 5.74) is 0. The largest absolute Gasteiger partial charge is 0.391 e. The summed E-state index contributed by atoms with van der Waals surface area (Å²) >= 11 is 0. The third-order valence-electron chi connectivity index (χ3n) is 2.01. The molecule has 1 aliphatic carbocycles. The van der Waals surface area contributed by atoms with Crippen molar-refractivity contribution in [2.75, 3.05) is 0 Å². The fourth-order valence-corrected chi connectivity index (χ4v) is 2.13. The van der Waals surface area contributed by atoms with E-state index < -0.39 is 16.1 Å². The van der Waals surface area contributed by atoms with Crippen molar-refractivity contribution in [3.63, 3.8) is 0 Å². The molecule has 0 aromatic heterocycles. The molecule has 4 nitrogen and oxygen atoms in total. The second-order valence-corrected chi connectivity index (χ2v) is 4.59. The van der Waals surface area contributed by atoms with Crippen LogP contribution in [-0.2, 0) is 10.0 Å². The van der Waals surface area contributed by atoms with Crippen molar-refractivity contribution in [2.45, 2.75) is 31.4 Å². The molecule has 0 aliphatic heterocycles. The zero-order valence-electron chi connectivity index (χ0n) is 6.73. The predicted octanol–water partition coefficient (Wildman–Crippen LogP) is -0.0373. The van der Waals surface area contributed by atoms with Crippen LogP contribution in [0.25, 0.3) is 0 Å².